The fourth-order valence-electron chi connectivity index (χ4n) is 1.72. The van der Waals surface area contributed by atoms with Crippen LogP contribution in [0.25, 0.3) is 0 Å². The van der Waals surface area contributed by atoms with Gasteiger partial charge in [0.2, 0.25) is 0 Å². The van der Waals surface area contributed by atoms with Crippen molar-refractivity contribution in [2.45, 2.75) is 12.8 Å². The third-order valence-corrected chi connectivity index (χ3v) is 3.04. The predicted octanol–water partition coefficient (Wildman–Crippen LogP) is 2.68. The molecule has 0 aliphatic carbocycles. The number of hydrogen-bond donors (Lipinski definition) is 1. The molecule has 1 aliphatic rings. The largest absolute Gasteiger partial charge is 0.381 e. The zero-order valence-corrected chi connectivity index (χ0v) is 10.2. The smallest absolute Gasteiger partial charge is 0.127 e. The Hall–Kier alpha value is -0.610. The first-order valence-corrected chi connectivity index (χ1v) is 6.08. The summed E-state index contributed by atoms with van der Waals surface area (Å²) in [6, 6.07) is 5.89. The molecule has 0 amide bonds. The average molecular weight is 271 g/mol. The summed E-state index contributed by atoms with van der Waals surface area (Å²) in [5.74, 6) is 1.66. The normalized spacial score (nSPS) is 20.5. The second kappa shape index (κ2) is 5.47. The van der Waals surface area contributed by atoms with Crippen LogP contribution in [-0.4, -0.2) is 24.7 Å². The first-order valence-electron chi connectivity index (χ1n) is 5.29. The maximum Gasteiger partial charge on any atom is 0.127 e. The highest BCUT2D eigenvalue weighted by Gasteiger charge is 2.14. The van der Waals surface area contributed by atoms with E-state index in [1.807, 2.05) is 18.2 Å². The molecule has 1 unspecified atom stereocenters. The molecule has 0 aromatic carbocycles. The molecule has 82 valence electrons. The molecule has 2 heterocycles. The third kappa shape index (κ3) is 3.47. The molecule has 1 saturated heterocycles. The number of rotatable bonds is 4. The lowest BCUT2D eigenvalue weighted by atomic mass is 10.1. The van der Waals surface area contributed by atoms with Crippen LogP contribution in [0, 0.1) is 5.92 Å². The molecule has 3 nitrogen and oxygen atoms in total. The second-order valence-electron chi connectivity index (χ2n) is 3.79. The van der Waals surface area contributed by atoms with Gasteiger partial charge in [-0.2, -0.15) is 0 Å². The molecular weight excluding hydrogens is 256 g/mol. The quantitative estimate of drug-likeness (QED) is 0.855. The Kier molecular flexibility index (Phi) is 3.97. The molecule has 1 aliphatic heterocycles. The third-order valence-electron chi connectivity index (χ3n) is 2.60. The van der Waals surface area contributed by atoms with Crippen molar-refractivity contribution in [2.24, 2.45) is 5.92 Å². The second-order valence-corrected chi connectivity index (χ2v) is 4.60. The van der Waals surface area contributed by atoms with Crippen LogP contribution in [0.1, 0.15) is 12.8 Å². The summed E-state index contributed by atoms with van der Waals surface area (Å²) >= 11 is 3.35. The number of nitrogens with one attached hydrogen (secondary N) is 1. The van der Waals surface area contributed by atoms with Crippen molar-refractivity contribution < 1.29 is 4.74 Å². The van der Waals surface area contributed by atoms with Crippen molar-refractivity contribution in [2.75, 3.05) is 25.1 Å². The van der Waals surface area contributed by atoms with Crippen molar-refractivity contribution in [3.63, 3.8) is 0 Å². The highest BCUT2D eigenvalue weighted by atomic mass is 79.9. The number of halogens is 1. The number of aromatic nitrogens is 1. The van der Waals surface area contributed by atoms with Gasteiger partial charge in [-0.15, -0.1) is 0 Å². The minimum Gasteiger partial charge on any atom is -0.381 e. The van der Waals surface area contributed by atoms with Crippen molar-refractivity contribution >= 4 is 21.7 Å². The molecule has 0 saturated carbocycles. The van der Waals surface area contributed by atoms with Crippen LogP contribution in [0.2, 0.25) is 0 Å². The fraction of sp³-hybridized carbons (Fsp3) is 0.545. The minimum atomic E-state index is 0.727. The van der Waals surface area contributed by atoms with Crippen molar-refractivity contribution in [1.82, 2.24) is 4.98 Å². The summed E-state index contributed by atoms with van der Waals surface area (Å²) in [7, 11) is 0. The molecular formula is C11H15BrN2O. The molecule has 0 bridgehead atoms. The molecule has 1 aromatic heterocycles. The molecule has 1 aromatic rings. The van der Waals surface area contributed by atoms with Crippen molar-refractivity contribution in [1.29, 1.82) is 0 Å². The Morgan fingerprint density at radius 3 is 3.20 bits per heavy atom. The van der Waals surface area contributed by atoms with Crippen LogP contribution in [0.5, 0.6) is 0 Å². The van der Waals surface area contributed by atoms with E-state index in [4.69, 9.17) is 4.74 Å². The molecule has 1 N–H and O–H groups in total. The maximum atomic E-state index is 5.33. The molecule has 0 spiro atoms. The van der Waals surface area contributed by atoms with Crippen LogP contribution in [-0.2, 0) is 4.74 Å². The van der Waals surface area contributed by atoms with Crippen molar-refractivity contribution in [3.05, 3.63) is 22.8 Å². The van der Waals surface area contributed by atoms with Crippen LogP contribution in [0.15, 0.2) is 22.8 Å². The van der Waals surface area contributed by atoms with E-state index in [0.717, 1.165) is 42.5 Å². The lowest BCUT2D eigenvalue weighted by Crippen LogP contribution is -2.09. The minimum absolute atomic E-state index is 0.727. The zero-order chi connectivity index (χ0) is 10.5. The zero-order valence-electron chi connectivity index (χ0n) is 8.58. The van der Waals surface area contributed by atoms with E-state index in [1.54, 1.807) is 0 Å². The summed E-state index contributed by atoms with van der Waals surface area (Å²) in [4.78, 5) is 4.31. The maximum absolute atomic E-state index is 5.33. The molecule has 2 rings (SSSR count). The number of hydrogen-bond acceptors (Lipinski definition) is 3. The summed E-state index contributed by atoms with van der Waals surface area (Å²) in [5.41, 5.74) is 0. The fourth-order valence-corrected chi connectivity index (χ4v) is 2.07. The van der Waals surface area contributed by atoms with Gasteiger partial charge in [-0.1, -0.05) is 6.07 Å². The van der Waals surface area contributed by atoms with Gasteiger partial charge in [-0.25, -0.2) is 4.98 Å². The molecule has 1 atom stereocenters. The van der Waals surface area contributed by atoms with E-state index in [2.05, 4.69) is 26.2 Å². The number of anilines is 1. The molecule has 15 heavy (non-hydrogen) atoms. The van der Waals surface area contributed by atoms with Gasteiger partial charge >= 0.3 is 0 Å². The molecule has 1 fully saturated rings. The Balaban J connectivity index is 1.73. The van der Waals surface area contributed by atoms with Gasteiger partial charge in [0.15, 0.2) is 0 Å². The van der Waals surface area contributed by atoms with Gasteiger partial charge in [0.1, 0.15) is 10.4 Å². The van der Waals surface area contributed by atoms with Gasteiger partial charge in [-0.05, 0) is 46.8 Å². The SMILES string of the molecule is Brc1cccc(NCCC2CCOC2)n1. The lowest BCUT2D eigenvalue weighted by molar-refractivity contribution is 0.185. The van der Waals surface area contributed by atoms with E-state index in [0.29, 0.717) is 0 Å². The summed E-state index contributed by atoms with van der Waals surface area (Å²) in [5, 5.41) is 3.32. The van der Waals surface area contributed by atoms with E-state index >= 15 is 0 Å². The number of pyridine rings is 1. The van der Waals surface area contributed by atoms with Gasteiger partial charge in [0, 0.05) is 19.8 Å². The average Bonchev–Trinajstić information content (AvgIpc) is 2.71. The van der Waals surface area contributed by atoms with Gasteiger partial charge < -0.3 is 10.1 Å². The summed E-state index contributed by atoms with van der Waals surface area (Å²) in [6.45, 7) is 2.82. The summed E-state index contributed by atoms with van der Waals surface area (Å²) < 4.78 is 6.20. The van der Waals surface area contributed by atoms with Crippen LogP contribution < -0.4 is 5.32 Å². The van der Waals surface area contributed by atoms with Crippen LogP contribution in [0.3, 0.4) is 0 Å². The Morgan fingerprint density at radius 2 is 2.47 bits per heavy atom. The standard InChI is InChI=1S/C11H15BrN2O/c12-10-2-1-3-11(14-10)13-6-4-9-5-7-15-8-9/h1-3,9H,4-8H2,(H,13,14). The molecule has 0 radical (unpaired) electrons. The van der Waals surface area contributed by atoms with Gasteiger partial charge in [-0.3, -0.25) is 0 Å². The van der Waals surface area contributed by atoms with E-state index < -0.39 is 0 Å². The number of nitrogens with zero attached hydrogens (tertiary/aromatic N) is 1. The van der Waals surface area contributed by atoms with Crippen LogP contribution >= 0.6 is 15.9 Å². The van der Waals surface area contributed by atoms with E-state index in [9.17, 15) is 0 Å². The lowest BCUT2D eigenvalue weighted by Gasteiger charge is -2.09. The topological polar surface area (TPSA) is 34.1 Å². The Bertz CT molecular complexity index is 313. The van der Waals surface area contributed by atoms with Crippen LogP contribution in [0.4, 0.5) is 5.82 Å². The van der Waals surface area contributed by atoms with E-state index in [1.165, 1.54) is 6.42 Å². The highest BCUT2D eigenvalue weighted by Crippen LogP contribution is 2.16. The van der Waals surface area contributed by atoms with E-state index in [-0.39, 0.29) is 0 Å². The highest BCUT2D eigenvalue weighted by molar-refractivity contribution is 9.10. The Labute approximate surface area is 98.4 Å². The predicted molar refractivity (Wildman–Crippen MR) is 64.0 cm³/mol. The number of ether oxygens (including phenoxy) is 1. The van der Waals surface area contributed by atoms with Gasteiger partial charge in [0.25, 0.3) is 0 Å². The summed E-state index contributed by atoms with van der Waals surface area (Å²) in [6.07, 6.45) is 2.36. The Morgan fingerprint density at radius 1 is 1.53 bits per heavy atom. The van der Waals surface area contributed by atoms with Gasteiger partial charge in [0.05, 0.1) is 0 Å². The first kappa shape index (κ1) is 10.9. The van der Waals surface area contributed by atoms with Crippen molar-refractivity contribution in [3.8, 4) is 0 Å². The monoisotopic (exact) mass is 270 g/mol. The molecule has 4 heteroatoms. The first-order chi connectivity index (χ1) is 7.34.